The van der Waals surface area contributed by atoms with Crippen LogP contribution >= 0.6 is 18.9 Å². The zero-order valence-electron chi connectivity index (χ0n) is 26.3. The highest BCUT2D eigenvalue weighted by molar-refractivity contribution is 7.51. The number of nitrogens with zero attached hydrogens (tertiary/aromatic N) is 3. The van der Waals surface area contributed by atoms with E-state index in [0.29, 0.717) is 41.7 Å². The monoisotopic (exact) mass is 672 g/mol. The lowest BCUT2D eigenvalue weighted by Gasteiger charge is -2.44. The Hall–Kier alpha value is -2.89. The third-order valence-electron chi connectivity index (χ3n) is 10.1. The van der Waals surface area contributed by atoms with Crippen molar-refractivity contribution in [3.05, 3.63) is 58.7 Å². The minimum Gasteiger partial charge on any atom is -0.496 e. The van der Waals surface area contributed by atoms with Crippen LogP contribution in [-0.2, 0) is 9.36 Å². The molecule has 3 fully saturated rings. The normalized spacial score (nSPS) is 25.1. The number of alkyl halides is 1. The lowest BCUT2D eigenvalue weighted by Crippen LogP contribution is -2.58. The van der Waals surface area contributed by atoms with Crippen LogP contribution in [0.2, 0.25) is 0 Å². The second-order valence-corrected chi connectivity index (χ2v) is 16.0. The van der Waals surface area contributed by atoms with E-state index in [1.807, 2.05) is 17.2 Å². The summed E-state index contributed by atoms with van der Waals surface area (Å²) >= 11 is 1.26. The number of carbonyl (C=O) groups excluding carboxylic acids is 2. The molecule has 1 aromatic carbocycles. The van der Waals surface area contributed by atoms with E-state index < -0.39 is 13.5 Å². The van der Waals surface area contributed by atoms with E-state index in [1.54, 1.807) is 25.4 Å². The van der Waals surface area contributed by atoms with E-state index in [1.165, 1.54) is 23.5 Å². The minimum atomic E-state index is -4.94. The molecule has 2 aromatic heterocycles. The number of methoxy groups -OCH3 is 1. The summed E-state index contributed by atoms with van der Waals surface area (Å²) in [6.45, 7) is 6.35. The quantitative estimate of drug-likeness (QED) is 0.269. The fourth-order valence-electron chi connectivity index (χ4n) is 7.41. The number of fused-ring (bicyclic) bond motifs is 2. The molecule has 5 atom stereocenters. The lowest BCUT2D eigenvalue weighted by molar-refractivity contribution is -0.141. The van der Waals surface area contributed by atoms with Gasteiger partial charge in [-0.15, -0.1) is 11.3 Å². The molecule has 46 heavy (non-hydrogen) atoms. The SMILES string of the molecule is COc1ccncc1C1CN(C(=O)[C@@H]2CC[C@@H]3C[C@H](C(C)C)CC[C@H](NC(=O)c4cc5cc(C(F)P(=O)(O)O)ccc5s4)CN32)C1. The number of thiophene rings is 1. The largest absolute Gasteiger partial charge is 0.496 e. The summed E-state index contributed by atoms with van der Waals surface area (Å²) in [5, 5.41) is 3.80. The summed E-state index contributed by atoms with van der Waals surface area (Å²) < 4.78 is 32.0. The second-order valence-electron chi connectivity index (χ2n) is 13.3. The number of hydrogen-bond acceptors (Lipinski definition) is 7. The van der Waals surface area contributed by atoms with E-state index >= 15 is 0 Å². The van der Waals surface area contributed by atoms with Gasteiger partial charge in [-0.25, -0.2) is 4.39 Å². The van der Waals surface area contributed by atoms with Crippen LogP contribution in [0.4, 0.5) is 4.39 Å². The third kappa shape index (κ3) is 6.73. The predicted octanol–water partition coefficient (Wildman–Crippen LogP) is 5.46. The van der Waals surface area contributed by atoms with Gasteiger partial charge in [0.1, 0.15) is 5.75 Å². The van der Waals surface area contributed by atoms with Gasteiger partial charge in [-0.3, -0.25) is 24.0 Å². The number of benzene rings is 1. The average molecular weight is 673 g/mol. The highest BCUT2D eigenvalue weighted by Crippen LogP contribution is 2.53. The molecule has 3 aromatic rings. The van der Waals surface area contributed by atoms with Gasteiger partial charge in [0.05, 0.1) is 18.0 Å². The lowest BCUT2D eigenvalue weighted by atomic mass is 9.82. The molecule has 248 valence electrons. The number of halogens is 1. The first-order chi connectivity index (χ1) is 21.9. The number of rotatable bonds is 8. The Morgan fingerprint density at radius 3 is 2.61 bits per heavy atom. The summed E-state index contributed by atoms with van der Waals surface area (Å²) in [7, 11) is -3.30. The first kappa shape index (κ1) is 33.0. The Morgan fingerprint density at radius 2 is 1.89 bits per heavy atom. The number of carbonyl (C=O) groups is 2. The summed E-state index contributed by atoms with van der Waals surface area (Å²) in [5.41, 5.74) is 0.908. The maximum atomic E-state index is 14.3. The third-order valence-corrected chi connectivity index (χ3v) is 12.1. The molecule has 10 nitrogen and oxygen atoms in total. The fourth-order valence-corrected chi connectivity index (χ4v) is 8.90. The van der Waals surface area contributed by atoms with Gasteiger partial charge in [0.25, 0.3) is 5.91 Å². The molecule has 0 radical (unpaired) electrons. The van der Waals surface area contributed by atoms with Crippen LogP contribution in [0.25, 0.3) is 10.1 Å². The van der Waals surface area contributed by atoms with Gasteiger partial charge in [0, 0.05) is 60.3 Å². The molecule has 13 heteroatoms. The van der Waals surface area contributed by atoms with Crippen LogP contribution in [0.5, 0.6) is 5.75 Å². The molecule has 3 aliphatic heterocycles. The molecule has 1 unspecified atom stereocenters. The van der Waals surface area contributed by atoms with Gasteiger partial charge in [0.15, 0.2) is 0 Å². The van der Waals surface area contributed by atoms with E-state index in [2.05, 4.69) is 29.0 Å². The summed E-state index contributed by atoms with van der Waals surface area (Å²) in [4.78, 5) is 55.0. The molecule has 2 amide bonds. The van der Waals surface area contributed by atoms with Crippen LogP contribution < -0.4 is 10.1 Å². The van der Waals surface area contributed by atoms with Crippen molar-refractivity contribution in [2.75, 3.05) is 26.7 Å². The standard InChI is InChI=1S/C33H42FN4O6PS/c1-19(2)20-4-6-24(36-32(39)30-14-22-12-21(5-9-29(22)46-30)31(34)45(41,42)43)18-38-25(13-20)7-8-27(38)33(40)37-16-23(17-37)26-15-35-11-10-28(26)44-3/h5,9-12,14-15,19-20,23-25,27,31H,4,6-8,13,16-18H2,1-3H3,(H,36,39)(H2,41,42,43)/t20-,24+,25-,27+,31?/m1/s1. The van der Waals surface area contributed by atoms with Crippen molar-refractivity contribution in [2.24, 2.45) is 11.8 Å². The van der Waals surface area contributed by atoms with Crippen LogP contribution in [0.3, 0.4) is 0 Å². The molecule has 6 rings (SSSR count). The van der Waals surface area contributed by atoms with Crippen molar-refractivity contribution in [1.82, 2.24) is 20.1 Å². The predicted molar refractivity (Wildman–Crippen MR) is 175 cm³/mol. The van der Waals surface area contributed by atoms with Crippen LogP contribution in [0.1, 0.15) is 78.6 Å². The number of pyridine rings is 1. The summed E-state index contributed by atoms with van der Waals surface area (Å²) in [6.07, 6.45) is 8.11. The Labute approximate surface area is 272 Å². The zero-order chi connectivity index (χ0) is 32.7. The first-order valence-corrected chi connectivity index (χ1v) is 18.5. The molecule has 5 heterocycles. The number of aromatic nitrogens is 1. The Morgan fingerprint density at radius 1 is 1.11 bits per heavy atom. The smallest absolute Gasteiger partial charge is 0.363 e. The number of nitrogens with one attached hydrogen (secondary N) is 1. The van der Waals surface area contributed by atoms with Gasteiger partial charge in [0.2, 0.25) is 11.8 Å². The van der Waals surface area contributed by atoms with Crippen molar-refractivity contribution in [3.63, 3.8) is 0 Å². The molecule has 3 N–H and O–H groups in total. The molecular formula is C33H42FN4O6PS. The van der Waals surface area contributed by atoms with Crippen LogP contribution in [0.15, 0.2) is 42.7 Å². The van der Waals surface area contributed by atoms with Crippen molar-refractivity contribution in [2.45, 2.75) is 75.9 Å². The molecule has 3 aliphatic rings. The van der Waals surface area contributed by atoms with Crippen LogP contribution in [0, 0.1) is 11.8 Å². The Bertz CT molecular complexity index is 1640. The van der Waals surface area contributed by atoms with E-state index in [0.717, 1.165) is 48.1 Å². The van der Waals surface area contributed by atoms with Gasteiger partial charge in [-0.2, -0.15) is 0 Å². The number of likely N-dealkylation sites (tertiary alicyclic amines) is 1. The van der Waals surface area contributed by atoms with Crippen molar-refractivity contribution < 1.29 is 33.1 Å². The number of hydrogen-bond donors (Lipinski definition) is 3. The molecule has 3 saturated heterocycles. The van der Waals surface area contributed by atoms with Gasteiger partial charge < -0.3 is 24.7 Å². The van der Waals surface area contributed by atoms with Crippen molar-refractivity contribution in [3.8, 4) is 5.75 Å². The average Bonchev–Trinajstić information content (AvgIpc) is 3.59. The van der Waals surface area contributed by atoms with Gasteiger partial charge in [-0.05, 0) is 79.2 Å². The number of amides is 2. The molecule has 0 aliphatic carbocycles. The molecule has 0 saturated carbocycles. The highest BCUT2D eigenvalue weighted by atomic mass is 32.1. The van der Waals surface area contributed by atoms with Gasteiger partial charge >= 0.3 is 7.60 Å². The second kappa shape index (κ2) is 13.3. The minimum absolute atomic E-state index is 0.116. The maximum absolute atomic E-state index is 14.3. The molecule has 0 bridgehead atoms. The molecular weight excluding hydrogens is 630 g/mol. The van der Waals surface area contributed by atoms with Crippen molar-refractivity contribution >= 4 is 40.8 Å². The maximum Gasteiger partial charge on any atom is 0.363 e. The first-order valence-electron chi connectivity index (χ1n) is 16.0. The highest BCUT2D eigenvalue weighted by Gasteiger charge is 2.45. The Balaban J connectivity index is 1.16. The molecule has 0 spiro atoms. The van der Waals surface area contributed by atoms with E-state index in [4.69, 9.17) is 4.74 Å². The van der Waals surface area contributed by atoms with Crippen LogP contribution in [-0.4, -0.2) is 81.3 Å². The summed E-state index contributed by atoms with van der Waals surface area (Å²) in [5.74, 6) is -0.548. The number of ether oxygens (including phenoxy) is 1. The fraction of sp³-hybridized carbons (Fsp3) is 0.545. The van der Waals surface area contributed by atoms with E-state index in [9.17, 15) is 28.3 Å². The summed E-state index contributed by atoms with van der Waals surface area (Å²) in [6, 6.07) is 7.73. The van der Waals surface area contributed by atoms with Crippen molar-refractivity contribution in [1.29, 1.82) is 0 Å². The van der Waals surface area contributed by atoms with Gasteiger partial charge in [-0.1, -0.05) is 19.9 Å². The topological polar surface area (TPSA) is 132 Å². The van der Waals surface area contributed by atoms with E-state index in [-0.39, 0.29) is 41.4 Å². The Kier molecular flexibility index (Phi) is 9.56. The zero-order valence-corrected chi connectivity index (χ0v) is 28.1.